The Labute approximate surface area is 249 Å². The minimum atomic E-state index is 0.709. The third-order valence-electron chi connectivity index (χ3n) is 7.82. The van der Waals surface area contributed by atoms with Gasteiger partial charge in [0.1, 0.15) is 0 Å². The Morgan fingerprint density at radius 3 is 1.56 bits per heavy atom. The van der Waals surface area contributed by atoms with Crippen LogP contribution in [0.4, 0.5) is 0 Å². The first-order chi connectivity index (χ1) is 21.3. The van der Waals surface area contributed by atoms with Crippen molar-refractivity contribution < 1.29 is 0 Å². The van der Waals surface area contributed by atoms with Crippen LogP contribution in [0.1, 0.15) is 0 Å². The summed E-state index contributed by atoms with van der Waals surface area (Å²) in [6.45, 7) is 0. The van der Waals surface area contributed by atoms with Gasteiger partial charge in [-0.2, -0.15) is 5.10 Å². The lowest BCUT2D eigenvalue weighted by Gasteiger charge is -2.12. The molecule has 0 spiro atoms. The number of nitrogens with zero attached hydrogens (tertiary/aromatic N) is 4. The summed E-state index contributed by atoms with van der Waals surface area (Å²) in [5.41, 5.74) is 10.1. The van der Waals surface area contributed by atoms with Gasteiger partial charge in [0, 0.05) is 33.2 Å². The van der Waals surface area contributed by atoms with Crippen molar-refractivity contribution >= 4 is 16.3 Å². The van der Waals surface area contributed by atoms with Crippen LogP contribution < -0.4 is 0 Å². The van der Waals surface area contributed by atoms with Crippen LogP contribution in [0, 0.1) is 0 Å². The monoisotopic (exact) mass is 550 g/mol. The van der Waals surface area contributed by atoms with Crippen molar-refractivity contribution in [1.29, 1.82) is 0 Å². The molecular formula is C39H26N4. The summed E-state index contributed by atoms with van der Waals surface area (Å²) in [7, 11) is 0. The van der Waals surface area contributed by atoms with Gasteiger partial charge in [-0.05, 0) is 29.7 Å². The summed E-state index contributed by atoms with van der Waals surface area (Å²) in [5.74, 6) is 0.709. The largest absolute Gasteiger partial charge is 0.232 e. The van der Waals surface area contributed by atoms with E-state index in [1.165, 1.54) is 0 Å². The molecule has 0 fully saturated rings. The second-order valence-electron chi connectivity index (χ2n) is 10.6. The van der Waals surface area contributed by atoms with Crippen molar-refractivity contribution in [1.82, 2.24) is 19.6 Å². The summed E-state index contributed by atoms with van der Waals surface area (Å²) in [6, 6.07) is 54.4. The molecule has 0 atom stereocenters. The summed E-state index contributed by atoms with van der Waals surface area (Å²) in [4.78, 5) is 10.0. The summed E-state index contributed by atoms with van der Waals surface area (Å²) >= 11 is 0. The molecule has 0 radical (unpaired) electrons. The smallest absolute Gasteiger partial charge is 0.160 e. The first kappa shape index (κ1) is 24.9. The number of hydrogen-bond acceptors (Lipinski definition) is 3. The van der Waals surface area contributed by atoms with E-state index >= 15 is 0 Å². The summed E-state index contributed by atoms with van der Waals surface area (Å²) in [6.07, 6.45) is 0. The first-order valence-electron chi connectivity index (χ1n) is 14.4. The predicted molar refractivity (Wildman–Crippen MR) is 175 cm³/mol. The van der Waals surface area contributed by atoms with Crippen molar-refractivity contribution in [3.8, 4) is 56.4 Å². The molecule has 0 aliphatic heterocycles. The second kappa shape index (κ2) is 10.5. The normalized spacial score (nSPS) is 11.3. The maximum atomic E-state index is 5.08. The van der Waals surface area contributed by atoms with Crippen molar-refractivity contribution in [2.45, 2.75) is 0 Å². The van der Waals surface area contributed by atoms with Gasteiger partial charge in [-0.25, -0.2) is 14.5 Å². The maximum absolute atomic E-state index is 5.08. The molecular weight excluding hydrogens is 524 g/mol. The number of fused-ring (bicyclic) bond motifs is 3. The van der Waals surface area contributed by atoms with Gasteiger partial charge < -0.3 is 0 Å². The molecule has 8 aromatic rings. The molecule has 4 nitrogen and oxygen atoms in total. The summed E-state index contributed by atoms with van der Waals surface area (Å²) < 4.78 is 2.07. The van der Waals surface area contributed by atoms with Gasteiger partial charge in [-0.3, -0.25) is 0 Å². The van der Waals surface area contributed by atoms with E-state index in [9.17, 15) is 0 Å². The zero-order valence-corrected chi connectivity index (χ0v) is 23.3. The molecule has 0 unspecified atom stereocenters. The van der Waals surface area contributed by atoms with Gasteiger partial charge in [-0.15, -0.1) is 0 Å². The standard InChI is InChI=1S/C39H26N4/c1-5-13-27(14-6-1)34-25-35(41-39(40-34)30-19-11-4-12-20-30)31-21-22-33-32(23-31)24-37(29-17-9-3-10-18-29)43-38(33)26-36(42-43)28-15-7-2-8-16-28/h1-26H. The minimum absolute atomic E-state index is 0.709. The van der Waals surface area contributed by atoms with Crippen molar-refractivity contribution in [3.05, 3.63) is 158 Å². The highest BCUT2D eigenvalue weighted by Crippen LogP contribution is 2.34. The van der Waals surface area contributed by atoms with Crippen LogP contribution in [-0.2, 0) is 0 Å². The molecule has 3 heterocycles. The minimum Gasteiger partial charge on any atom is -0.232 e. The van der Waals surface area contributed by atoms with E-state index in [1.807, 2.05) is 48.5 Å². The van der Waals surface area contributed by atoms with E-state index in [0.29, 0.717) is 5.82 Å². The van der Waals surface area contributed by atoms with E-state index in [0.717, 1.165) is 66.9 Å². The molecule has 0 aliphatic rings. The molecule has 0 N–H and O–H groups in total. The fourth-order valence-corrected chi connectivity index (χ4v) is 5.67. The van der Waals surface area contributed by atoms with E-state index in [-0.39, 0.29) is 0 Å². The lowest BCUT2D eigenvalue weighted by atomic mass is 10.0. The molecule has 3 aromatic heterocycles. The fourth-order valence-electron chi connectivity index (χ4n) is 5.67. The second-order valence-corrected chi connectivity index (χ2v) is 10.6. The van der Waals surface area contributed by atoms with Crippen molar-refractivity contribution in [2.24, 2.45) is 0 Å². The quantitative estimate of drug-likeness (QED) is 0.214. The zero-order valence-electron chi connectivity index (χ0n) is 23.3. The molecule has 5 aromatic carbocycles. The molecule has 8 rings (SSSR count). The average Bonchev–Trinajstić information content (AvgIpc) is 3.55. The Hall–Kier alpha value is -5.87. The number of aromatic nitrogens is 4. The molecule has 202 valence electrons. The highest BCUT2D eigenvalue weighted by molar-refractivity contribution is 6.01. The highest BCUT2D eigenvalue weighted by atomic mass is 15.2. The third kappa shape index (κ3) is 4.65. The van der Waals surface area contributed by atoms with E-state index in [2.05, 4.69) is 114 Å². The molecule has 0 amide bonds. The number of rotatable bonds is 5. The Bertz CT molecular complexity index is 2150. The van der Waals surface area contributed by atoms with Gasteiger partial charge in [0.25, 0.3) is 0 Å². The van der Waals surface area contributed by atoms with E-state index < -0.39 is 0 Å². The van der Waals surface area contributed by atoms with Crippen LogP contribution in [0.3, 0.4) is 0 Å². The van der Waals surface area contributed by atoms with Crippen LogP contribution in [0.5, 0.6) is 0 Å². The fraction of sp³-hybridized carbons (Fsp3) is 0. The molecule has 0 saturated heterocycles. The van der Waals surface area contributed by atoms with Crippen molar-refractivity contribution in [2.75, 3.05) is 0 Å². The molecule has 0 saturated carbocycles. The van der Waals surface area contributed by atoms with Crippen molar-refractivity contribution in [3.63, 3.8) is 0 Å². The van der Waals surface area contributed by atoms with Crippen LogP contribution in [-0.4, -0.2) is 19.6 Å². The number of pyridine rings is 1. The molecule has 0 bridgehead atoms. The lowest BCUT2D eigenvalue weighted by molar-refractivity contribution is 0.979. The first-order valence-corrected chi connectivity index (χ1v) is 14.4. The zero-order chi connectivity index (χ0) is 28.6. The lowest BCUT2D eigenvalue weighted by Crippen LogP contribution is -1.97. The van der Waals surface area contributed by atoms with E-state index in [4.69, 9.17) is 15.1 Å². The molecule has 43 heavy (non-hydrogen) atoms. The van der Waals surface area contributed by atoms with Gasteiger partial charge in [0.05, 0.1) is 28.3 Å². The Morgan fingerprint density at radius 1 is 0.395 bits per heavy atom. The third-order valence-corrected chi connectivity index (χ3v) is 7.82. The highest BCUT2D eigenvalue weighted by Gasteiger charge is 2.15. The Morgan fingerprint density at radius 2 is 0.930 bits per heavy atom. The van der Waals surface area contributed by atoms with E-state index in [1.54, 1.807) is 0 Å². The topological polar surface area (TPSA) is 43.1 Å². The Kier molecular flexibility index (Phi) is 6.08. The Balaban J connectivity index is 1.35. The average molecular weight is 551 g/mol. The van der Waals surface area contributed by atoms with Crippen LogP contribution in [0.2, 0.25) is 0 Å². The van der Waals surface area contributed by atoms with Crippen LogP contribution >= 0.6 is 0 Å². The van der Waals surface area contributed by atoms with Gasteiger partial charge in [-0.1, -0.05) is 133 Å². The predicted octanol–water partition coefficient (Wildman–Crippen LogP) is 9.61. The van der Waals surface area contributed by atoms with Gasteiger partial charge in [0.2, 0.25) is 0 Å². The molecule has 4 heteroatoms. The number of benzene rings is 5. The number of hydrogen-bond donors (Lipinski definition) is 0. The van der Waals surface area contributed by atoms with Gasteiger partial charge >= 0.3 is 0 Å². The summed E-state index contributed by atoms with van der Waals surface area (Å²) in [5, 5.41) is 7.34. The molecule has 0 aliphatic carbocycles. The van der Waals surface area contributed by atoms with Gasteiger partial charge in [0.15, 0.2) is 5.82 Å². The SMILES string of the molecule is c1ccc(-c2cc(-c3ccc4c(c3)cc(-c3ccccc3)n3nc(-c5ccccc5)cc43)nc(-c3ccccc3)n2)cc1. The maximum Gasteiger partial charge on any atom is 0.160 e. The van der Waals surface area contributed by atoms with Crippen LogP contribution in [0.25, 0.3) is 72.7 Å². The van der Waals surface area contributed by atoms with Crippen LogP contribution in [0.15, 0.2) is 158 Å².